The van der Waals surface area contributed by atoms with Gasteiger partial charge in [0.05, 0.1) is 0 Å². The van der Waals surface area contributed by atoms with Gasteiger partial charge in [-0.1, -0.05) is 11.4 Å². The van der Waals surface area contributed by atoms with Crippen molar-refractivity contribution in [2.45, 2.75) is 13.1 Å². The minimum Gasteiger partial charge on any atom is -0.330 e. The van der Waals surface area contributed by atoms with Crippen molar-refractivity contribution in [1.29, 1.82) is 0 Å². The van der Waals surface area contributed by atoms with Crippen LogP contribution in [-0.4, -0.2) is 16.8 Å². The Morgan fingerprint density at radius 1 is 1.00 bits per heavy atom. The van der Waals surface area contributed by atoms with Crippen LogP contribution in [0.25, 0.3) is 0 Å². The Labute approximate surface area is 64.4 Å². The lowest BCUT2D eigenvalue weighted by Crippen LogP contribution is -2.89. The van der Waals surface area contributed by atoms with E-state index in [2.05, 4.69) is 35.5 Å². The van der Waals surface area contributed by atoms with Crippen molar-refractivity contribution in [1.82, 2.24) is 9.30 Å². The lowest BCUT2D eigenvalue weighted by Gasteiger charge is -2.49. The molecule has 10 heavy (non-hydrogen) atoms. The molecular weight excluding hydrogens is 156 g/mol. The van der Waals surface area contributed by atoms with Gasteiger partial charge in [0.1, 0.15) is 0 Å². The Kier molecular flexibility index (Phi) is 1.72. The van der Waals surface area contributed by atoms with E-state index >= 15 is 0 Å². The van der Waals surface area contributed by atoms with Crippen LogP contribution in [0.2, 0.25) is 13.1 Å². The average Bonchev–Trinajstić information content (AvgIpc) is 1.85. The fraction of sp³-hybridized carbons (Fsp3) is 0.333. The second-order valence-corrected chi connectivity index (χ2v) is 10.7. The highest BCUT2D eigenvalue weighted by atomic mass is 28.5. The van der Waals surface area contributed by atoms with Crippen LogP contribution >= 0.6 is 0 Å². The van der Waals surface area contributed by atoms with Gasteiger partial charge in [-0.3, -0.25) is 0 Å². The Hall–Kier alpha value is -0.166. The molecule has 0 aromatic carbocycles. The fourth-order valence-corrected chi connectivity index (χ4v) is 11.5. The summed E-state index contributed by atoms with van der Waals surface area (Å²) in [5.74, 6) is 0. The van der Waals surface area contributed by atoms with Gasteiger partial charge < -0.3 is 9.30 Å². The summed E-state index contributed by atoms with van der Waals surface area (Å²) in [4.78, 5) is 0. The molecule has 0 bridgehead atoms. The third kappa shape index (κ3) is 1.15. The van der Waals surface area contributed by atoms with Crippen LogP contribution in [0.5, 0.6) is 0 Å². The molecule has 2 nitrogen and oxygen atoms in total. The molecule has 0 aromatic rings. The second kappa shape index (κ2) is 2.16. The van der Waals surface area contributed by atoms with Crippen molar-refractivity contribution in [2.24, 2.45) is 0 Å². The van der Waals surface area contributed by atoms with Gasteiger partial charge in [0.25, 0.3) is 0 Å². The fourth-order valence-electron chi connectivity index (χ4n) is 1.28. The van der Waals surface area contributed by atoms with Gasteiger partial charge in [0.2, 0.25) is 16.8 Å². The molecule has 1 fully saturated rings. The van der Waals surface area contributed by atoms with Crippen LogP contribution in [-0.2, 0) is 0 Å². The minimum absolute atomic E-state index is 1.37. The summed E-state index contributed by atoms with van der Waals surface area (Å²) < 4.78 is 7.12. The molecule has 4 heteroatoms. The minimum atomic E-state index is -1.37. The van der Waals surface area contributed by atoms with Gasteiger partial charge in [0.15, 0.2) is 0 Å². The van der Waals surface area contributed by atoms with Gasteiger partial charge in [0, 0.05) is 0 Å². The standard InChI is InChI=1S/C6H14N2Si2/c1-5-9(3)7-10(4,6-2)8-9/h5-8H,1-2H2,3-4H3. The molecule has 1 saturated heterocycles. The second-order valence-electron chi connectivity index (χ2n) is 3.06. The van der Waals surface area contributed by atoms with E-state index in [1.807, 2.05) is 11.4 Å². The molecule has 0 spiro atoms. The van der Waals surface area contributed by atoms with E-state index in [1.165, 1.54) is 0 Å². The summed E-state index contributed by atoms with van der Waals surface area (Å²) >= 11 is 0. The van der Waals surface area contributed by atoms with Crippen molar-refractivity contribution >= 4 is 16.8 Å². The molecule has 0 unspecified atom stereocenters. The van der Waals surface area contributed by atoms with Gasteiger partial charge in [-0.15, -0.1) is 13.2 Å². The summed E-state index contributed by atoms with van der Waals surface area (Å²) in [5.41, 5.74) is 4.04. The quantitative estimate of drug-likeness (QED) is 0.598. The molecule has 1 rings (SSSR count). The maximum absolute atomic E-state index is 3.78. The predicted octanol–water partition coefficient (Wildman–Crippen LogP) is 0.774. The Morgan fingerprint density at radius 3 is 1.50 bits per heavy atom. The van der Waals surface area contributed by atoms with Crippen LogP contribution in [0.15, 0.2) is 24.6 Å². The van der Waals surface area contributed by atoms with Crippen LogP contribution in [0.4, 0.5) is 0 Å². The molecule has 1 heterocycles. The SMILES string of the molecule is C=C[Si]1(C)N[Si](C)(C=C)N1. The number of rotatable bonds is 2. The van der Waals surface area contributed by atoms with E-state index in [0.29, 0.717) is 0 Å². The first-order chi connectivity index (χ1) is 4.54. The van der Waals surface area contributed by atoms with E-state index in [-0.39, 0.29) is 0 Å². The lowest BCUT2D eigenvalue weighted by atomic mass is 11.3. The van der Waals surface area contributed by atoms with Crippen LogP contribution in [0.3, 0.4) is 0 Å². The summed E-state index contributed by atoms with van der Waals surface area (Å²) in [6, 6.07) is 0. The molecule has 1 aliphatic heterocycles. The molecule has 56 valence electrons. The van der Waals surface area contributed by atoms with Gasteiger partial charge in [-0.05, 0) is 13.1 Å². The van der Waals surface area contributed by atoms with Gasteiger partial charge in [-0.25, -0.2) is 0 Å². The van der Waals surface area contributed by atoms with Crippen molar-refractivity contribution in [3.63, 3.8) is 0 Å². The lowest BCUT2D eigenvalue weighted by molar-refractivity contribution is 1.07. The highest BCUT2D eigenvalue weighted by molar-refractivity contribution is 7.09. The molecule has 0 saturated carbocycles. The Morgan fingerprint density at radius 2 is 1.30 bits per heavy atom. The van der Waals surface area contributed by atoms with Crippen LogP contribution < -0.4 is 9.30 Å². The number of nitrogens with one attached hydrogen (secondary N) is 2. The summed E-state index contributed by atoms with van der Waals surface area (Å²) in [7, 11) is -2.75. The van der Waals surface area contributed by atoms with Crippen molar-refractivity contribution < 1.29 is 0 Å². The molecule has 0 amide bonds. The summed E-state index contributed by atoms with van der Waals surface area (Å²) in [5, 5.41) is 0. The molecule has 0 aromatic heterocycles. The molecule has 0 aliphatic carbocycles. The van der Waals surface area contributed by atoms with Crippen LogP contribution in [0.1, 0.15) is 0 Å². The zero-order chi connectivity index (χ0) is 7.83. The van der Waals surface area contributed by atoms with Gasteiger partial charge in [-0.2, -0.15) is 0 Å². The number of hydrogen-bond acceptors (Lipinski definition) is 2. The van der Waals surface area contributed by atoms with E-state index in [0.717, 1.165) is 0 Å². The molecule has 0 atom stereocenters. The van der Waals surface area contributed by atoms with E-state index in [4.69, 9.17) is 0 Å². The zero-order valence-corrected chi connectivity index (χ0v) is 8.57. The molecular formula is C6H14N2Si2. The largest absolute Gasteiger partial charge is 0.330 e. The average molecular weight is 170 g/mol. The first-order valence-electron chi connectivity index (χ1n) is 3.39. The predicted molar refractivity (Wildman–Crippen MR) is 49.9 cm³/mol. The van der Waals surface area contributed by atoms with Crippen molar-refractivity contribution in [3.05, 3.63) is 24.6 Å². The van der Waals surface area contributed by atoms with Gasteiger partial charge >= 0.3 is 0 Å². The van der Waals surface area contributed by atoms with Crippen LogP contribution in [0, 0.1) is 0 Å². The normalized spacial score (nSPS) is 45.8. The maximum Gasteiger partial charge on any atom is 0.212 e. The Balaban J connectivity index is 2.57. The highest BCUT2D eigenvalue weighted by Gasteiger charge is 2.47. The monoisotopic (exact) mass is 170 g/mol. The smallest absolute Gasteiger partial charge is 0.212 e. The number of hydrogen-bond donors (Lipinski definition) is 2. The third-order valence-corrected chi connectivity index (χ3v) is 11.8. The van der Waals surface area contributed by atoms with E-state index in [9.17, 15) is 0 Å². The highest BCUT2D eigenvalue weighted by Crippen LogP contribution is 2.14. The zero-order valence-electron chi connectivity index (χ0n) is 6.57. The third-order valence-electron chi connectivity index (χ3n) is 1.86. The van der Waals surface area contributed by atoms with Crippen molar-refractivity contribution in [3.8, 4) is 0 Å². The molecule has 0 radical (unpaired) electrons. The first-order valence-corrected chi connectivity index (χ1v) is 8.55. The van der Waals surface area contributed by atoms with E-state index in [1.54, 1.807) is 0 Å². The first kappa shape index (κ1) is 7.94. The Bertz CT molecular complexity index is 155. The summed E-state index contributed by atoms with van der Waals surface area (Å²) in [6.07, 6.45) is 0. The maximum atomic E-state index is 3.78. The molecule has 2 N–H and O–H groups in total. The van der Waals surface area contributed by atoms with Crippen molar-refractivity contribution in [2.75, 3.05) is 0 Å². The van der Waals surface area contributed by atoms with E-state index < -0.39 is 16.8 Å². The topological polar surface area (TPSA) is 24.1 Å². The molecule has 1 aliphatic rings. The summed E-state index contributed by atoms with van der Waals surface area (Å²) in [6.45, 7) is 12.0.